The largest absolute Gasteiger partial charge is 0.455 e. The second kappa shape index (κ2) is 12.7. The van der Waals surface area contributed by atoms with Crippen molar-refractivity contribution in [3.63, 3.8) is 0 Å². The van der Waals surface area contributed by atoms with E-state index in [9.17, 15) is 27.6 Å². The molecule has 246 valence electrons. The SMILES string of the molecule is C=C/C(C)=C\C[C@]1(C)[C@H](C)CC[C@@]23C(=C[C@H](OC(=O)C(OC)(c4ccccc4)C(F)(F)F)C[C@@H]12)[C@@H](OC(C)=O)O[C@H]3OC(C)=O. The van der Waals surface area contributed by atoms with Crippen LogP contribution in [0.25, 0.3) is 0 Å². The number of hydrogen-bond donors (Lipinski definition) is 0. The molecule has 1 saturated heterocycles. The van der Waals surface area contributed by atoms with Gasteiger partial charge in [0.2, 0.25) is 12.6 Å². The highest BCUT2D eigenvalue weighted by molar-refractivity contribution is 5.83. The first-order valence-corrected chi connectivity index (χ1v) is 15.0. The Kier molecular flexibility index (Phi) is 9.76. The molecular weight excluding hydrogens is 593 g/mol. The number of hydrogen-bond acceptors (Lipinski definition) is 8. The monoisotopic (exact) mass is 634 g/mol. The minimum atomic E-state index is -5.16. The van der Waals surface area contributed by atoms with Crippen molar-refractivity contribution in [1.82, 2.24) is 0 Å². The van der Waals surface area contributed by atoms with Gasteiger partial charge in [-0.15, -0.1) is 0 Å². The highest BCUT2D eigenvalue weighted by Gasteiger charge is 2.69. The topological polar surface area (TPSA) is 97.4 Å². The number of esters is 3. The van der Waals surface area contributed by atoms with Crippen LogP contribution in [0.2, 0.25) is 0 Å². The molecule has 3 aliphatic rings. The Bertz CT molecular complexity index is 1370. The van der Waals surface area contributed by atoms with Crippen LogP contribution >= 0.6 is 0 Å². The average Bonchev–Trinajstić information content (AvgIpc) is 3.24. The number of allylic oxidation sites excluding steroid dienone is 3. The predicted octanol–water partition coefficient (Wildman–Crippen LogP) is 6.70. The third-order valence-electron chi connectivity index (χ3n) is 9.99. The van der Waals surface area contributed by atoms with Gasteiger partial charge in [0, 0.05) is 32.1 Å². The first-order valence-electron chi connectivity index (χ1n) is 15.0. The molecule has 1 heterocycles. The van der Waals surface area contributed by atoms with Gasteiger partial charge in [-0.2, -0.15) is 13.2 Å². The lowest BCUT2D eigenvalue weighted by atomic mass is 9.46. The van der Waals surface area contributed by atoms with Crippen molar-refractivity contribution >= 4 is 17.9 Å². The van der Waals surface area contributed by atoms with Crippen molar-refractivity contribution in [3.05, 3.63) is 71.8 Å². The van der Waals surface area contributed by atoms with Crippen LogP contribution in [0.4, 0.5) is 13.2 Å². The number of ether oxygens (including phenoxy) is 5. The van der Waals surface area contributed by atoms with Crippen LogP contribution in [0.3, 0.4) is 0 Å². The van der Waals surface area contributed by atoms with Gasteiger partial charge in [-0.05, 0) is 55.9 Å². The molecule has 1 saturated carbocycles. The maximum atomic E-state index is 14.7. The Hall–Kier alpha value is -3.44. The van der Waals surface area contributed by atoms with Gasteiger partial charge < -0.3 is 18.9 Å². The Labute approximate surface area is 261 Å². The molecule has 1 aromatic carbocycles. The molecule has 45 heavy (non-hydrogen) atoms. The molecule has 1 spiro atoms. The van der Waals surface area contributed by atoms with Crippen LogP contribution in [0, 0.1) is 22.7 Å². The standard InChI is InChI=1S/C34H41F3O8/c1-8-20(2)14-16-31(6)21(3)15-17-32-26(28(42-22(4)38)45-30(32)43-23(5)39)18-25(19-27(31)32)44-29(40)33(41-7,34(35,36)37)24-12-10-9-11-13-24/h8-14,18,21,25,27-28,30H,1,15-17,19H2,2-7H3/b20-14-/t21-,25+,27+,28+,30-,31-,32-,33?/m1/s1. The van der Waals surface area contributed by atoms with Gasteiger partial charge in [0.25, 0.3) is 5.60 Å². The van der Waals surface area contributed by atoms with E-state index in [4.69, 9.17) is 23.7 Å². The molecule has 1 unspecified atom stereocenters. The molecule has 1 aliphatic heterocycles. The lowest BCUT2D eigenvalue weighted by molar-refractivity contribution is -0.278. The smallest absolute Gasteiger partial charge is 0.432 e. The third-order valence-corrected chi connectivity index (χ3v) is 9.99. The molecule has 0 amide bonds. The van der Waals surface area contributed by atoms with Crippen LogP contribution in [0.15, 0.2) is 66.3 Å². The maximum absolute atomic E-state index is 14.7. The minimum absolute atomic E-state index is 0.0947. The van der Waals surface area contributed by atoms with Gasteiger partial charge in [-0.25, -0.2) is 4.79 Å². The number of alkyl halides is 3. The average molecular weight is 635 g/mol. The number of rotatable bonds is 9. The van der Waals surface area contributed by atoms with E-state index in [1.54, 1.807) is 6.08 Å². The fourth-order valence-electron chi connectivity index (χ4n) is 7.42. The molecule has 8 atom stereocenters. The fourth-order valence-corrected chi connectivity index (χ4v) is 7.42. The molecule has 0 bridgehead atoms. The van der Waals surface area contributed by atoms with Crippen molar-refractivity contribution in [3.8, 4) is 0 Å². The first kappa shape index (κ1) is 34.4. The lowest BCUT2D eigenvalue weighted by Gasteiger charge is -2.58. The quantitative estimate of drug-likeness (QED) is 0.128. The number of methoxy groups -OCH3 is 1. The molecule has 0 N–H and O–H groups in total. The predicted molar refractivity (Wildman–Crippen MR) is 157 cm³/mol. The van der Waals surface area contributed by atoms with E-state index in [1.165, 1.54) is 38.1 Å². The highest BCUT2D eigenvalue weighted by Crippen LogP contribution is 2.67. The highest BCUT2D eigenvalue weighted by atomic mass is 19.4. The summed E-state index contributed by atoms with van der Waals surface area (Å²) in [5.41, 5.74) is -4.02. The molecular formula is C34H41F3O8. The van der Waals surface area contributed by atoms with Gasteiger partial charge in [-0.1, -0.05) is 68.5 Å². The molecule has 2 fully saturated rings. The van der Waals surface area contributed by atoms with Crippen LogP contribution in [0.1, 0.15) is 65.9 Å². The minimum Gasteiger partial charge on any atom is -0.455 e. The normalized spacial score (nSPS) is 32.7. The summed E-state index contributed by atoms with van der Waals surface area (Å²) in [6, 6.07) is 6.59. The third kappa shape index (κ3) is 5.96. The molecule has 11 heteroatoms. The van der Waals surface area contributed by atoms with E-state index < -0.39 is 70.7 Å². The fraction of sp³-hybridized carbons (Fsp3) is 0.559. The van der Waals surface area contributed by atoms with E-state index in [0.29, 0.717) is 24.8 Å². The zero-order valence-corrected chi connectivity index (χ0v) is 26.4. The van der Waals surface area contributed by atoms with Gasteiger partial charge >= 0.3 is 24.1 Å². The summed E-state index contributed by atoms with van der Waals surface area (Å²) < 4.78 is 72.2. The van der Waals surface area contributed by atoms with Crippen LogP contribution in [0.5, 0.6) is 0 Å². The van der Waals surface area contributed by atoms with Crippen LogP contribution < -0.4 is 0 Å². The zero-order chi connectivity index (χ0) is 33.4. The number of benzene rings is 1. The second-order valence-corrected chi connectivity index (χ2v) is 12.5. The van der Waals surface area contributed by atoms with Crippen molar-refractivity contribution < 1.29 is 51.2 Å². The van der Waals surface area contributed by atoms with Crippen molar-refractivity contribution in [2.24, 2.45) is 22.7 Å². The number of carbonyl (C=O) groups excluding carboxylic acids is 3. The Balaban J connectivity index is 1.88. The van der Waals surface area contributed by atoms with E-state index in [-0.39, 0.29) is 12.3 Å². The van der Waals surface area contributed by atoms with Crippen LogP contribution in [-0.2, 0) is 43.7 Å². The summed E-state index contributed by atoms with van der Waals surface area (Å²) in [5.74, 6) is -3.26. The summed E-state index contributed by atoms with van der Waals surface area (Å²) >= 11 is 0. The number of halogens is 3. The van der Waals surface area contributed by atoms with E-state index in [0.717, 1.165) is 24.8 Å². The summed E-state index contributed by atoms with van der Waals surface area (Å²) in [5, 5.41) is 0. The van der Waals surface area contributed by atoms with E-state index in [1.807, 2.05) is 13.0 Å². The first-order chi connectivity index (χ1) is 21.1. The molecule has 0 radical (unpaired) electrons. The zero-order valence-electron chi connectivity index (χ0n) is 26.4. The van der Waals surface area contributed by atoms with Crippen molar-refractivity contribution in [2.75, 3.05) is 7.11 Å². The summed E-state index contributed by atoms with van der Waals surface area (Å²) in [6.07, 6.45) is -1.71. The van der Waals surface area contributed by atoms with Crippen LogP contribution in [-0.4, -0.2) is 49.9 Å². The van der Waals surface area contributed by atoms with Gasteiger partial charge in [-0.3, -0.25) is 14.3 Å². The Morgan fingerprint density at radius 3 is 2.27 bits per heavy atom. The van der Waals surface area contributed by atoms with E-state index >= 15 is 0 Å². The Morgan fingerprint density at radius 1 is 1.07 bits per heavy atom. The van der Waals surface area contributed by atoms with Crippen molar-refractivity contribution in [2.45, 2.75) is 90.8 Å². The molecule has 2 aliphatic carbocycles. The molecule has 4 rings (SSSR count). The van der Waals surface area contributed by atoms with E-state index in [2.05, 4.69) is 20.4 Å². The second-order valence-electron chi connectivity index (χ2n) is 12.5. The van der Waals surface area contributed by atoms with Gasteiger partial charge in [0.05, 0.1) is 5.41 Å². The molecule has 1 aromatic rings. The van der Waals surface area contributed by atoms with Gasteiger partial charge in [0.1, 0.15) is 6.10 Å². The molecule has 0 aromatic heterocycles. The van der Waals surface area contributed by atoms with Gasteiger partial charge in [0.15, 0.2) is 0 Å². The lowest BCUT2D eigenvalue weighted by Crippen LogP contribution is -2.58. The Morgan fingerprint density at radius 2 is 1.71 bits per heavy atom. The summed E-state index contributed by atoms with van der Waals surface area (Å²) in [7, 11) is 0.811. The maximum Gasteiger partial charge on any atom is 0.432 e. The van der Waals surface area contributed by atoms with Crippen molar-refractivity contribution in [1.29, 1.82) is 0 Å². The summed E-state index contributed by atoms with van der Waals surface area (Å²) in [6.45, 7) is 12.4. The summed E-state index contributed by atoms with van der Waals surface area (Å²) in [4.78, 5) is 38.2. The number of carbonyl (C=O) groups is 3. The molecule has 8 nitrogen and oxygen atoms in total.